The van der Waals surface area contributed by atoms with Crippen molar-refractivity contribution in [2.75, 3.05) is 5.73 Å². The molecule has 22 heavy (non-hydrogen) atoms. The van der Waals surface area contributed by atoms with E-state index in [4.69, 9.17) is 5.73 Å². The number of nitrogens with one attached hydrogen (secondary N) is 2. The first-order valence-electron chi connectivity index (χ1n) is 6.47. The molecule has 0 saturated carbocycles. The molecule has 0 spiro atoms. The Bertz CT molecular complexity index is 862. The summed E-state index contributed by atoms with van der Waals surface area (Å²) in [5, 5.41) is 13.1. The van der Waals surface area contributed by atoms with Crippen molar-refractivity contribution in [3.05, 3.63) is 64.7 Å². The van der Waals surface area contributed by atoms with E-state index in [1.807, 2.05) is 0 Å². The Morgan fingerprint density at radius 2 is 1.59 bits per heavy atom. The lowest BCUT2D eigenvalue weighted by molar-refractivity contribution is 0.628. The van der Waals surface area contributed by atoms with E-state index in [0.717, 1.165) is 5.56 Å². The number of nitrogen functional groups attached to an aromatic ring is 1. The second-order valence-corrected chi connectivity index (χ2v) is 4.60. The second-order valence-electron chi connectivity index (χ2n) is 4.60. The zero-order valence-corrected chi connectivity index (χ0v) is 11.4. The molecule has 0 saturated heterocycles. The van der Waals surface area contributed by atoms with E-state index in [-0.39, 0.29) is 11.5 Å². The molecule has 110 valence electrons. The summed E-state index contributed by atoms with van der Waals surface area (Å²) in [4.78, 5) is 11.8. The number of halogens is 1. The lowest BCUT2D eigenvalue weighted by atomic mass is 10.1. The quantitative estimate of drug-likeness (QED) is 0.509. The van der Waals surface area contributed by atoms with Gasteiger partial charge in [-0.15, -0.1) is 5.11 Å². The van der Waals surface area contributed by atoms with Gasteiger partial charge in [-0.05, 0) is 36.4 Å². The molecule has 0 bridgehead atoms. The summed E-state index contributed by atoms with van der Waals surface area (Å²) < 4.78 is 12.8. The number of hydrogen-bond acceptors (Lipinski definition) is 4. The predicted octanol–water partition coefficient (Wildman–Crippen LogP) is 3.51. The minimum Gasteiger partial charge on any atom is -0.399 e. The van der Waals surface area contributed by atoms with E-state index in [2.05, 4.69) is 20.4 Å². The lowest BCUT2D eigenvalue weighted by Crippen LogP contribution is -1.96. The molecule has 4 N–H and O–H groups in total. The summed E-state index contributed by atoms with van der Waals surface area (Å²) in [6, 6.07) is 12.5. The van der Waals surface area contributed by atoms with Crippen LogP contribution in [0.25, 0.3) is 11.3 Å². The molecular formula is C15H12FN5O. The number of aromatic amines is 2. The zero-order chi connectivity index (χ0) is 15.5. The van der Waals surface area contributed by atoms with Gasteiger partial charge in [-0.3, -0.25) is 15.0 Å². The van der Waals surface area contributed by atoms with Crippen LogP contribution >= 0.6 is 0 Å². The van der Waals surface area contributed by atoms with Gasteiger partial charge in [-0.25, -0.2) is 4.39 Å². The Morgan fingerprint density at radius 3 is 2.27 bits per heavy atom. The van der Waals surface area contributed by atoms with Crippen molar-refractivity contribution in [3.63, 3.8) is 0 Å². The van der Waals surface area contributed by atoms with E-state index in [1.54, 1.807) is 24.3 Å². The first-order valence-corrected chi connectivity index (χ1v) is 6.47. The van der Waals surface area contributed by atoms with Crippen LogP contribution in [0.3, 0.4) is 0 Å². The van der Waals surface area contributed by atoms with Crippen molar-refractivity contribution >= 4 is 17.1 Å². The Hall–Kier alpha value is -3.22. The number of anilines is 1. The molecule has 0 aliphatic heterocycles. The Labute approximate surface area is 124 Å². The van der Waals surface area contributed by atoms with Crippen LogP contribution in [0.15, 0.2) is 63.6 Å². The molecule has 0 unspecified atom stereocenters. The van der Waals surface area contributed by atoms with Crippen LogP contribution in [0.1, 0.15) is 0 Å². The van der Waals surface area contributed by atoms with Gasteiger partial charge < -0.3 is 5.73 Å². The van der Waals surface area contributed by atoms with Crippen LogP contribution in [0.2, 0.25) is 0 Å². The van der Waals surface area contributed by atoms with Crippen LogP contribution in [-0.4, -0.2) is 10.2 Å². The second kappa shape index (κ2) is 5.65. The summed E-state index contributed by atoms with van der Waals surface area (Å²) in [7, 11) is 0. The monoisotopic (exact) mass is 297 g/mol. The minimum atomic E-state index is -0.391. The largest absolute Gasteiger partial charge is 0.399 e. The summed E-state index contributed by atoms with van der Waals surface area (Å²) in [6.45, 7) is 0. The Balaban J connectivity index is 1.97. The molecule has 3 rings (SSSR count). The van der Waals surface area contributed by atoms with Crippen molar-refractivity contribution in [2.45, 2.75) is 0 Å². The maximum absolute atomic E-state index is 12.8. The molecule has 6 nitrogen and oxygen atoms in total. The third-order valence-corrected chi connectivity index (χ3v) is 3.04. The van der Waals surface area contributed by atoms with Gasteiger partial charge in [0.15, 0.2) is 5.69 Å². The van der Waals surface area contributed by atoms with Crippen molar-refractivity contribution in [3.8, 4) is 11.3 Å². The highest BCUT2D eigenvalue weighted by Crippen LogP contribution is 2.27. The predicted molar refractivity (Wildman–Crippen MR) is 81.8 cm³/mol. The first-order chi connectivity index (χ1) is 10.6. The average molecular weight is 297 g/mol. The third kappa shape index (κ3) is 2.78. The van der Waals surface area contributed by atoms with Gasteiger partial charge >= 0.3 is 0 Å². The molecule has 0 fully saturated rings. The lowest BCUT2D eigenvalue weighted by Gasteiger charge is -1.99. The molecule has 2 aromatic carbocycles. The van der Waals surface area contributed by atoms with Crippen molar-refractivity contribution in [1.82, 2.24) is 10.2 Å². The van der Waals surface area contributed by atoms with Crippen molar-refractivity contribution < 1.29 is 4.39 Å². The van der Waals surface area contributed by atoms with Gasteiger partial charge in [0.1, 0.15) is 5.82 Å². The van der Waals surface area contributed by atoms with Crippen molar-refractivity contribution in [2.24, 2.45) is 10.2 Å². The number of aromatic nitrogens is 2. The molecule has 1 heterocycles. The maximum Gasteiger partial charge on any atom is 0.292 e. The molecule has 7 heteroatoms. The number of nitrogens with zero attached hydrogens (tertiary/aromatic N) is 2. The Morgan fingerprint density at radius 1 is 0.909 bits per heavy atom. The average Bonchev–Trinajstić information content (AvgIpc) is 2.89. The third-order valence-electron chi connectivity index (χ3n) is 3.04. The highest BCUT2D eigenvalue weighted by molar-refractivity contribution is 5.72. The van der Waals surface area contributed by atoms with Gasteiger partial charge in [0.25, 0.3) is 5.56 Å². The van der Waals surface area contributed by atoms with Crippen LogP contribution in [0, 0.1) is 5.82 Å². The molecular weight excluding hydrogens is 285 g/mol. The summed E-state index contributed by atoms with van der Waals surface area (Å²) >= 11 is 0. The molecule has 0 aliphatic carbocycles. The van der Waals surface area contributed by atoms with Gasteiger partial charge in [0, 0.05) is 11.3 Å². The molecule has 0 atom stereocenters. The molecule has 0 amide bonds. The fourth-order valence-corrected chi connectivity index (χ4v) is 1.92. The van der Waals surface area contributed by atoms with Gasteiger partial charge in [0.2, 0.25) is 0 Å². The van der Waals surface area contributed by atoms with E-state index < -0.39 is 5.56 Å². The summed E-state index contributed by atoms with van der Waals surface area (Å²) in [6.07, 6.45) is 0. The number of azo groups is 1. The first kappa shape index (κ1) is 13.7. The van der Waals surface area contributed by atoms with Crippen LogP contribution in [0.4, 0.5) is 21.5 Å². The van der Waals surface area contributed by atoms with Gasteiger partial charge in [-0.2, -0.15) is 5.11 Å². The molecule has 0 radical (unpaired) electrons. The summed E-state index contributed by atoms with van der Waals surface area (Å²) in [5.41, 5.74) is 7.73. The zero-order valence-electron chi connectivity index (χ0n) is 11.4. The van der Waals surface area contributed by atoms with E-state index in [1.165, 1.54) is 24.3 Å². The van der Waals surface area contributed by atoms with Crippen molar-refractivity contribution in [1.29, 1.82) is 0 Å². The number of hydrogen-bond donors (Lipinski definition) is 3. The highest BCUT2D eigenvalue weighted by atomic mass is 19.1. The normalized spacial score (nSPS) is 11.1. The highest BCUT2D eigenvalue weighted by Gasteiger charge is 2.11. The standard InChI is InChI=1S/C15H12FN5O/c16-10-3-7-12(8-4-10)18-20-14-13(19-21-15(14)22)9-1-5-11(17)6-2-9/h1-8H,17H2,(H2,19,21,22). The number of rotatable bonds is 3. The molecule has 0 aliphatic rings. The molecule has 1 aromatic heterocycles. The van der Waals surface area contributed by atoms with Gasteiger partial charge in [-0.1, -0.05) is 12.1 Å². The summed E-state index contributed by atoms with van der Waals surface area (Å²) in [5.74, 6) is -0.360. The smallest absolute Gasteiger partial charge is 0.292 e. The van der Waals surface area contributed by atoms with Crippen LogP contribution < -0.4 is 11.3 Å². The van der Waals surface area contributed by atoms with E-state index in [9.17, 15) is 9.18 Å². The van der Waals surface area contributed by atoms with Crippen LogP contribution in [0.5, 0.6) is 0 Å². The number of benzene rings is 2. The van der Waals surface area contributed by atoms with E-state index in [0.29, 0.717) is 17.1 Å². The maximum atomic E-state index is 12.8. The number of nitrogens with two attached hydrogens (primary N) is 1. The number of H-pyrrole nitrogens is 2. The minimum absolute atomic E-state index is 0.147. The SMILES string of the molecule is Nc1ccc(-c2[nH][nH]c(=O)c2N=Nc2ccc(F)cc2)cc1. The Kier molecular flexibility index (Phi) is 3.53. The van der Waals surface area contributed by atoms with E-state index >= 15 is 0 Å². The van der Waals surface area contributed by atoms with Gasteiger partial charge in [0.05, 0.1) is 11.4 Å². The fraction of sp³-hybridized carbons (Fsp3) is 0. The molecule has 3 aromatic rings. The topological polar surface area (TPSA) is 99.4 Å². The van der Waals surface area contributed by atoms with Crippen LogP contribution in [-0.2, 0) is 0 Å². The fourth-order valence-electron chi connectivity index (χ4n) is 1.92.